The maximum atomic E-state index is 12.7. The molecule has 5 heteroatoms. The maximum Gasteiger partial charge on any atom is 0.226 e. The molecule has 1 aromatic carbocycles. The Hall–Kier alpha value is -2.40. The first-order chi connectivity index (χ1) is 15.5. The van der Waals surface area contributed by atoms with Gasteiger partial charge in [0.1, 0.15) is 5.75 Å². The summed E-state index contributed by atoms with van der Waals surface area (Å²) in [6, 6.07) is 12.3. The molecule has 0 N–H and O–H groups in total. The van der Waals surface area contributed by atoms with Crippen molar-refractivity contribution < 1.29 is 9.53 Å². The molecule has 2 aliphatic heterocycles. The van der Waals surface area contributed by atoms with Crippen molar-refractivity contribution in [3.63, 3.8) is 0 Å². The summed E-state index contributed by atoms with van der Waals surface area (Å²) in [4.78, 5) is 21.4. The molecular weight excluding hydrogens is 398 g/mol. The van der Waals surface area contributed by atoms with Crippen LogP contribution in [-0.4, -0.2) is 53.5 Å². The van der Waals surface area contributed by atoms with E-state index in [0.717, 1.165) is 63.5 Å². The van der Waals surface area contributed by atoms with Crippen molar-refractivity contribution >= 4 is 5.91 Å². The van der Waals surface area contributed by atoms with E-state index in [1.165, 1.54) is 18.4 Å². The lowest BCUT2D eigenvalue weighted by molar-refractivity contribution is -0.133. The predicted octanol–water partition coefficient (Wildman–Crippen LogP) is 4.56. The van der Waals surface area contributed by atoms with Crippen molar-refractivity contribution in [2.75, 3.05) is 32.8 Å². The van der Waals surface area contributed by atoms with Gasteiger partial charge in [0.2, 0.25) is 5.91 Å². The first-order valence-electron chi connectivity index (χ1n) is 12.1. The number of carbonyl (C=O) groups excluding carboxylic acids is 1. The number of piperidine rings is 2. The average molecular weight is 436 g/mol. The number of ether oxygens (including phenoxy) is 1. The number of benzene rings is 1. The normalized spacial score (nSPS) is 18.8. The lowest BCUT2D eigenvalue weighted by atomic mass is 9.71. The number of hydrogen-bond acceptors (Lipinski definition) is 4. The number of pyridine rings is 1. The molecule has 0 unspecified atom stereocenters. The Labute approximate surface area is 192 Å². The molecule has 172 valence electrons. The summed E-state index contributed by atoms with van der Waals surface area (Å²) in [6.07, 6.45) is 8.74. The number of rotatable bonds is 7. The molecule has 0 aliphatic carbocycles. The fourth-order valence-electron chi connectivity index (χ4n) is 4.98. The van der Waals surface area contributed by atoms with E-state index in [-0.39, 0.29) is 5.91 Å². The van der Waals surface area contributed by atoms with Crippen molar-refractivity contribution in [2.24, 2.45) is 11.3 Å². The molecular formula is C27H37N3O2. The number of hydrogen-bond donors (Lipinski definition) is 0. The molecule has 0 radical (unpaired) electrons. The Bertz CT molecular complexity index is 865. The van der Waals surface area contributed by atoms with Crippen molar-refractivity contribution in [3.8, 4) is 5.75 Å². The Morgan fingerprint density at radius 1 is 1.00 bits per heavy atom. The number of amides is 1. The van der Waals surface area contributed by atoms with E-state index in [2.05, 4.69) is 52.9 Å². The molecule has 0 atom stereocenters. The zero-order valence-corrected chi connectivity index (χ0v) is 19.6. The third-order valence-corrected chi connectivity index (χ3v) is 7.14. The van der Waals surface area contributed by atoms with E-state index < -0.39 is 0 Å². The molecule has 2 saturated heterocycles. The monoisotopic (exact) mass is 435 g/mol. The average Bonchev–Trinajstić information content (AvgIpc) is 2.81. The molecule has 4 rings (SSSR count). The second-order valence-corrected chi connectivity index (χ2v) is 10.0. The van der Waals surface area contributed by atoms with Gasteiger partial charge in [0.05, 0.1) is 13.0 Å². The quantitative estimate of drug-likeness (QED) is 0.639. The Kier molecular flexibility index (Phi) is 7.46. The van der Waals surface area contributed by atoms with Crippen molar-refractivity contribution in [1.82, 2.24) is 14.8 Å². The fourth-order valence-corrected chi connectivity index (χ4v) is 4.98. The van der Waals surface area contributed by atoms with Crippen molar-refractivity contribution in [3.05, 3.63) is 59.9 Å². The smallest absolute Gasteiger partial charge is 0.226 e. The Balaban J connectivity index is 1.25. The van der Waals surface area contributed by atoms with Crippen LogP contribution < -0.4 is 4.74 Å². The minimum atomic E-state index is 0.251. The molecule has 2 aliphatic rings. The number of para-hydroxylation sites is 1. The van der Waals surface area contributed by atoms with Crippen LogP contribution >= 0.6 is 0 Å². The molecule has 1 aromatic heterocycles. The van der Waals surface area contributed by atoms with Crippen LogP contribution in [0.4, 0.5) is 0 Å². The summed E-state index contributed by atoms with van der Waals surface area (Å²) in [5.74, 6) is 1.81. The van der Waals surface area contributed by atoms with Gasteiger partial charge >= 0.3 is 0 Å². The van der Waals surface area contributed by atoms with E-state index in [0.29, 0.717) is 17.8 Å². The predicted molar refractivity (Wildman–Crippen MR) is 127 cm³/mol. The second kappa shape index (κ2) is 10.5. The molecule has 3 heterocycles. The van der Waals surface area contributed by atoms with Crippen molar-refractivity contribution in [1.29, 1.82) is 0 Å². The number of aromatic nitrogens is 1. The van der Waals surface area contributed by atoms with Crippen LogP contribution in [0, 0.1) is 11.3 Å². The van der Waals surface area contributed by atoms with Gasteiger partial charge in [-0.3, -0.25) is 14.7 Å². The van der Waals surface area contributed by atoms with Crippen molar-refractivity contribution in [2.45, 2.75) is 52.5 Å². The topological polar surface area (TPSA) is 45.7 Å². The second-order valence-electron chi connectivity index (χ2n) is 10.0. The highest BCUT2D eigenvalue weighted by Crippen LogP contribution is 2.41. The summed E-state index contributed by atoms with van der Waals surface area (Å²) < 4.78 is 6.06. The first-order valence-corrected chi connectivity index (χ1v) is 12.1. The van der Waals surface area contributed by atoms with Gasteiger partial charge in [-0.05, 0) is 73.9 Å². The summed E-state index contributed by atoms with van der Waals surface area (Å²) in [5, 5.41) is 0. The molecule has 2 aromatic rings. The minimum absolute atomic E-state index is 0.251. The van der Waals surface area contributed by atoms with Gasteiger partial charge in [0.25, 0.3) is 0 Å². The number of carbonyl (C=O) groups is 1. The van der Waals surface area contributed by atoms with Crippen LogP contribution in [0.2, 0.25) is 0 Å². The van der Waals surface area contributed by atoms with E-state index in [1.807, 2.05) is 12.1 Å². The van der Waals surface area contributed by atoms with E-state index in [4.69, 9.17) is 4.74 Å². The van der Waals surface area contributed by atoms with Gasteiger partial charge in [-0.15, -0.1) is 0 Å². The maximum absolute atomic E-state index is 12.7. The molecule has 5 nitrogen and oxygen atoms in total. The van der Waals surface area contributed by atoms with Gasteiger partial charge in [-0.1, -0.05) is 32.0 Å². The zero-order chi connectivity index (χ0) is 22.4. The van der Waals surface area contributed by atoms with Gasteiger partial charge in [-0.25, -0.2) is 0 Å². The Morgan fingerprint density at radius 3 is 2.34 bits per heavy atom. The molecule has 1 amide bonds. The van der Waals surface area contributed by atoms with E-state index >= 15 is 0 Å². The van der Waals surface area contributed by atoms with Gasteiger partial charge in [-0.2, -0.15) is 0 Å². The van der Waals surface area contributed by atoms with Crippen LogP contribution in [-0.2, 0) is 17.8 Å². The summed E-state index contributed by atoms with van der Waals surface area (Å²) in [5.41, 5.74) is 2.76. The van der Waals surface area contributed by atoms with Crippen LogP contribution in [0.5, 0.6) is 5.75 Å². The van der Waals surface area contributed by atoms with Gasteiger partial charge in [0.15, 0.2) is 0 Å². The zero-order valence-electron chi connectivity index (χ0n) is 19.6. The van der Waals surface area contributed by atoms with Crippen LogP contribution in [0.25, 0.3) is 0 Å². The highest BCUT2D eigenvalue weighted by molar-refractivity contribution is 5.78. The van der Waals surface area contributed by atoms with E-state index in [9.17, 15) is 4.79 Å². The third-order valence-electron chi connectivity index (χ3n) is 7.14. The Morgan fingerprint density at radius 2 is 1.66 bits per heavy atom. The van der Waals surface area contributed by atoms with E-state index in [1.54, 1.807) is 12.4 Å². The standard InChI is InChI=1S/C27H37N3O2/c1-22(2)21-32-25-6-4-3-5-24(25)20-29-15-9-27(10-16-29)11-17-30(18-12-27)26(31)19-23-7-13-28-14-8-23/h3-8,13-14,22H,9-12,15-21H2,1-2H3. The lowest BCUT2D eigenvalue weighted by Crippen LogP contribution is -2.48. The molecule has 2 fully saturated rings. The summed E-state index contributed by atoms with van der Waals surface area (Å²) >= 11 is 0. The molecule has 0 saturated carbocycles. The third kappa shape index (κ3) is 5.89. The van der Waals surface area contributed by atoms with Crippen LogP contribution in [0.3, 0.4) is 0 Å². The molecule has 1 spiro atoms. The first kappa shape index (κ1) is 22.8. The van der Waals surface area contributed by atoms with Gasteiger partial charge in [0, 0.05) is 37.6 Å². The largest absolute Gasteiger partial charge is 0.493 e. The molecule has 32 heavy (non-hydrogen) atoms. The summed E-state index contributed by atoms with van der Waals surface area (Å²) in [6.45, 7) is 10.1. The minimum Gasteiger partial charge on any atom is -0.493 e. The number of likely N-dealkylation sites (tertiary alicyclic amines) is 2. The van der Waals surface area contributed by atoms with Crippen LogP contribution in [0.15, 0.2) is 48.8 Å². The number of nitrogens with zero attached hydrogens (tertiary/aromatic N) is 3. The fraction of sp³-hybridized carbons (Fsp3) is 0.556. The van der Waals surface area contributed by atoms with Crippen LogP contribution in [0.1, 0.15) is 50.7 Å². The van der Waals surface area contributed by atoms with Gasteiger partial charge < -0.3 is 9.64 Å². The molecule has 0 bridgehead atoms. The SMILES string of the molecule is CC(C)COc1ccccc1CN1CCC2(CC1)CCN(C(=O)Cc1ccncc1)CC2. The lowest BCUT2D eigenvalue weighted by Gasteiger charge is -2.47. The summed E-state index contributed by atoms with van der Waals surface area (Å²) in [7, 11) is 0. The highest BCUT2D eigenvalue weighted by atomic mass is 16.5. The highest BCUT2D eigenvalue weighted by Gasteiger charge is 2.38.